The van der Waals surface area contributed by atoms with E-state index in [1.54, 1.807) is 6.07 Å². The quantitative estimate of drug-likeness (QED) is 0.752. The molecule has 0 saturated carbocycles. The molecule has 0 aliphatic heterocycles. The number of hydrogen-bond acceptors (Lipinski definition) is 3. The highest BCUT2D eigenvalue weighted by atomic mass is 79.9. The Morgan fingerprint density at radius 2 is 2.14 bits per heavy atom. The van der Waals surface area contributed by atoms with Gasteiger partial charge >= 0.3 is 0 Å². The number of rotatable bonds is 6. The van der Waals surface area contributed by atoms with Gasteiger partial charge in [0.15, 0.2) is 0 Å². The van der Waals surface area contributed by atoms with Crippen LogP contribution >= 0.6 is 15.9 Å². The molecule has 0 bridgehead atoms. The van der Waals surface area contributed by atoms with Crippen LogP contribution in [0.15, 0.2) is 34.8 Å². The third-order valence-corrected chi connectivity index (χ3v) is 3.72. The van der Waals surface area contributed by atoms with E-state index >= 15 is 0 Å². The number of aliphatic hydroxyl groups excluding tert-OH is 1. The summed E-state index contributed by atoms with van der Waals surface area (Å²) in [5, 5.41) is 10.2. The number of likely N-dealkylation sites (N-methyl/N-ethyl adjacent to an activating group) is 1. The van der Waals surface area contributed by atoms with Crippen LogP contribution in [0.2, 0.25) is 0 Å². The van der Waals surface area contributed by atoms with Gasteiger partial charge in [-0.3, -0.25) is 4.79 Å². The van der Waals surface area contributed by atoms with Crippen molar-refractivity contribution in [1.29, 1.82) is 0 Å². The zero-order valence-corrected chi connectivity index (χ0v) is 15.0. The minimum atomic E-state index is -0.361. The predicted molar refractivity (Wildman–Crippen MR) is 92.5 cm³/mol. The van der Waals surface area contributed by atoms with Gasteiger partial charge in [-0.1, -0.05) is 19.1 Å². The van der Waals surface area contributed by atoms with Crippen molar-refractivity contribution in [2.45, 2.75) is 26.3 Å². The Balaban J connectivity index is 0.00000211. The van der Waals surface area contributed by atoms with Gasteiger partial charge in [-0.15, -0.1) is 0 Å². The van der Waals surface area contributed by atoms with Crippen molar-refractivity contribution in [1.82, 2.24) is 5.32 Å². The average molecular weight is 375 g/mol. The third kappa shape index (κ3) is 6.68. The summed E-state index contributed by atoms with van der Waals surface area (Å²) in [6, 6.07) is 4.59. The zero-order valence-electron chi connectivity index (χ0n) is 13.4. The molecule has 124 valence electrons. The van der Waals surface area contributed by atoms with Crippen molar-refractivity contribution in [3.05, 3.63) is 40.6 Å². The summed E-state index contributed by atoms with van der Waals surface area (Å²) in [5.74, 6) is -0.487. The van der Waals surface area contributed by atoms with Crippen molar-refractivity contribution >= 4 is 27.5 Å². The average Bonchev–Trinajstić information content (AvgIpc) is 2.52. The number of anilines is 1. The number of nitrogens with one attached hydrogen (secondary N) is 1. The second-order valence-electron chi connectivity index (χ2n) is 4.46. The molecule has 0 radical (unpaired) electrons. The number of carbonyl (C=O) groups excluding carboxylic acids is 1. The zero-order chi connectivity index (χ0) is 17.1. The fourth-order valence-electron chi connectivity index (χ4n) is 1.86. The van der Waals surface area contributed by atoms with Crippen LogP contribution in [0.1, 0.15) is 20.3 Å². The Morgan fingerprint density at radius 3 is 2.64 bits per heavy atom. The lowest BCUT2D eigenvalue weighted by Gasteiger charge is -2.21. The van der Waals surface area contributed by atoms with E-state index < -0.39 is 0 Å². The first-order valence-corrected chi connectivity index (χ1v) is 7.80. The van der Waals surface area contributed by atoms with Gasteiger partial charge in [-0.2, -0.15) is 0 Å². The number of carbonyl (C=O) groups is 1. The fourth-order valence-corrected chi connectivity index (χ4v) is 2.32. The van der Waals surface area contributed by atoms with Crippen LogP contribution in [0.25, 0.3) is 0 Å². The van der Waals surface area contributed by atoms with E-state index in [2.05, 4.69) is 28.2 Å². The summed E-state index contributed by atoms with van der Waals surface area (Å²) in [6.45, 7) is 3.97. The minimum absolute atomic E-state index is 0.126. The maximum Gasteiger partial charge on any atom is 0.224 e. The van der Waals surface area contributed by atoms with E-state index in [0.29, 0.717) is 16.7 Å². The second-order valence-corrected chi connectivity index (χ2v) is 5.31. The van der Waals surface area contributed by atoms with Gasteiger partial charge in [0.2, 0.25) is 5.91 Å². The van der Waals surface area contributed by atoms with Crippen molar-refractivity contribution < 1.29 is 14.3 Å². The molecule has 0 aromatic heterocycles. The van der Waals surface area contributed by atoms with Gasteiger partial charge in [-0.25, -0.2) is 4.39 Å². The number of nitrogens with zero attached hydrogens (tertiary/aromatic N) is 1. The topological polar surface area (TPSA) is 52.6 Å². The highest BCUT2D eigenvalue weighted by molar-refractivity contribution is 9.10. The van der Waals surface area contributed by atoms with Gasteiger partial charge < -0.3 is 15.3 Å². The van der Waals surface area contributed by atoms with Gasteiger partial charge in [0.1, 0.15) is 5.82 Å². The van der Waals surface area contributed by atoms with Gasteiger partial charge in [0, 0.05) is 31.1 Å². The molecule has 0 aliphatic carbocycles. The Morgan fingerprint density at radius 1 is 1.50 bits per heavy atom. The number of halogens is 2. The highest BCUT2D eigenvalue weighted by Crippen LogP contribution is 2.27. The van der Waals surface area contributed by atoms with Crippen molar-refractivity contribution in [3.63, 3.8) is 0 Å². The largest absolute Gasteiger partial charge is 0.400 e. The van der Waals surface area contributed by atoms with E-state index in [-0.39, 0.29) is 17.8 Å². The lowest BCUT2D eigenvalue weighted by atomic mass is 10.2. The summed E-state index contributed by atoms with van der Waals surface area (Å²) >= 11 is 3.35. The maximum absolute atomic E-state index is 13.3. The Labute approximate surface area is 140 Å². The summed E-state index contributed by atoms with van der Waals surface area (Å²) in [4.78, 5) is 13.3. The van der Waals surface area contributed by atoms with Crippen molar-refractivity contribution in [2.75, 3.05) is 25.6 Å². The van der Waals surface area contributed by atoms with Gasteiger partial charge in [0.25, 0.3) is 0 Å². The van der Waals surface area contributed by atoms with E-state index in [1.807, 2.05) is 19.2 Å². The van der Waals surface area contributed by atoms with Crippen LogP contribution in [0, 0.1) is 5.82 Å². The lowest BCUT2D eigenvalue weighted by molar-refractivity contribution is -0.116. The first kappa shape index (κ1) is 20.8. The maximum atomic E-state index is 13.3. The molecular weight excluding hydrogens is 351 g/mol. The molecule has 1 unspecified atom stereocenters. The summed E-state index contributed by atoms with van der Waals surface area (Å²) < 4.78 is 14.0. The van der Waals surface area contributed by atoms with Crippen LogP contribution in [0.5, 0.6) is 0 Å². The number of aliphatic hydroxyl groups is 1. The molecular formula is C16H24BrFN2O2. The van der Waals surface area contributed by atoms with Gasteiger partial charge in [0.05, 0.1) is 5.69 Å². The molecule has 6 heteroatoms. The number of amides is 1. The molecule has 0 fully saturated rings. The smallest absolute Gasteiger partial charge is 0.224 e. The molecule has 4 nitrogen and oxygen atoms in total. The summed E-state index contributed by atoms with van der Waals surface area (Å²) in [6.07, 6.45) is 4.91. The predicted octanol–water partition coefficient (Wildman–Crippen LogP) is 3.10. The molecule has 22 heavy (non-hydrogen) atoms. The molecule has 0 aliphatic rings. The number of hydrogen-bond donors (Lipinski definition) is 2. The van der Waals surface area contributed by atoms with Crippen LogP contribution in [0.3, 0.4) is 0 Å². The van der Waals surface area contributed by atoms with E-state index in [0.717, 1.165) is 13.5 Å². The van der Waals surface area contributed by atoms with Crippen LogP contribution < -0.4 is 10.2 Å². The summed E-state index contributed by atoms with van der Waals surface area (Å²) in [5.41, 5.74) is 0.541. The molecule has 2 N–H and O–H groups in total. The van der Waals surface area contributed by atoms with Crippen molar-refractivity contribution in [3.8, 4) is 0 Å². The molecule has 0 heterocycles. The molecule has 1 aromatic rings. The molecule has 1 aromatic carbocycles. The van der Waals surface area contributed by atoms with E-state index in [9.17, 15) is 9.18 Å². The molecule has 1 amide bonds. The molecule has 1 rings (SSSR count). The van der Waals surface area contributed by atoms with E-state index in [4.69, 9.17) is 5.11 Å². The molecule has 0 saturated heterocycles. The second kappa shape index (κ2) is 11.3. The first-order valence-electron chi connectivity index (χ1n) is 7.01. The first-order chi connectivity index (χ1) is 10.5. The van der Waals surface area contributed by atoms with Crippen LogP contribution in [-0.2, 0) is 4.79 Å². The molecule has 1 atom stereocenters. The Kier molecular flexibility index (Phi) is 10.7. The lowest BCUT2D eigenvalue weighted by Crippen LogP contribution is -2.29. The number of benzene rings is 1. The Bertz CT molecular complexity index is 491. The monoisotopic (exact) mass is 374 g/mol. The van der Waals surface area contributed by atoms with E-state index in [1.165, 1.54) is 24.0 Å². The normalized spacial score (nSPS) is 11.8. The minimum Gasteiger partial charge on any atom is -0.400 e. The summed E-state index contributed by atoms with van der Waals surface area (Å²) in [7, 11) is 2.89. The van der Waals surface area contributed by atoms with Crippen molar-refractivity contribution in [2.24, 2.45) is 0 Å². The highest BCUT2D eigenvalue weighted by Gasteiger charge is 2.14. The molecule has 0 spiro atoms. The Hall–Kier alpha value is -1.24. The third-order valence-electron chi connectivity index (χ3n) is 3.05. The van der Waals surface area contributed by atoms with Crippen LogP contribution in [-0.4, -0.2) is 37.8 Å². The standard InChI is InChI=1S/C15H20BrFN2O.CH4O/c1-4-13(18-3)6-5-9-19(11(2)20)15-10-12(17)7-8-14(15)16;1-2/h5-8,10,13,18H,4,9H2,1-3H3;2H,1H3/b6-5+;. The SMILES string of the molecule is CCC(/C=C/CN(C(C)=O)c1cc(F)ccc1Br)NC.CO. The fraction of sp³-hybridized carbons (Fsp3) is 0.438. The van der Waals surface area contributed by atoms with Crippen LogP contribution in [0.4, 0.5) is 10.1 Å². The van der Waals surface area contributed by atoms with Gasteiger partial charge in [-0.05, 0) is 47.6 Å².